The molecule has 27 heavy (non-hydrogen) atoms. The van der Waals surface area contributed by atoms with Crippen molar-refractivity contribution in [3.8, 4) is 5.75 Å². The minimum absolute atomic E-state index is 0.0670. The summed E-state index contributed by atoms with van der Waals surface area (Å²) in [6, 6.07) is 6.89. The number of ether oxygens (including phenoxy) is 1. The fourth-order valence-corrected chi connectivity index (χ4v) is 2.94. The largest absolute Gasteiger partial charge is 0.435 e. The number of guanidine groups is 1. The Morgan fingerprint density at radius 2 is 1.85 bits per heavy atom. The fraction of sp³-hybridized carbons (Fsp3) is 0.579. The van der Waals surface area contributed by atoms with Crippen LogP contribution in [0.4, 0.5) is 8.78 Å². The highest BCUT2D eigenvalue weighted by Crippen LogP contribution is 2.19. The Hall–Kier alpha value is -2.38. The van der Waals surface area contributed by atoms with E-state index in [-0.39, 0.29) is 18.2 Å². The van der Waals surface area contributed by atoms with Gasteiger partial charge in [0.05, 0.1) is 0 Å². The summed E-state index contributed by atoms with van der Waals surface area (Å²) >= 11 is 0. The highest BCUT2D eigenvalue weighted by Gasteiger charge is 2.19. The number of amides is 1. The molecule has 0 aromatic heterocycles. The molecule has 1 aliphatic carbocycles. The topological polar surface area (TPSA) is 57.2 Å². The lowest BCUT2D eigenvalue weighted by atomic mass is 10.2. The molecule has 0 bridgehead atoms. The number of hydrogen-bond acceptors (Lipinski definition) is 3. The molecule has 1 aromatic carbocycles. The van der Waals surface area contributed by atoms with Gasteiger partial charge in [0.15, 0.2) is 5.96 Å². The number of carbonyl (C=O) groups is 1. The number of benzene rings is 1. The molecule has 1 fully saturated rings. The highest BCUT2D eigenvalue weighted by atomic mass is 19.3. The van der Waals surface area contributed by atoms with Crippen molar-refractivity contribution < 1.29 is 18.3 Å². The molecule has 8 heteroatoms. The van der Waals surface area contributed by atoms with Crippen LogP contribution in [0.25, 0.3) is 0 Å². The van der Waals surface area contributed by atoms with Crippen molar-refractivity contribution in [1.82, 2.24) is 15.1 Å². The fourth-order valence-electron chi connectivity index (χ4n) is 2.94. The summed E-state index contributed by atoms with van der Waals surface area (Å²) < 4.78 is 28.9. The second-order valence-corrected chi connectivity index (χ2v) is 6.93. The summed E-state index contributed by atoms with van der Waals surface area (Å²) in [6.45, 7) is -2.22. The average molecular weight is 382 g/mol. The van der Waals surface area contributed by atoms with Gasteiger partial charge >= 0.3 is 6.61 Å². The van der Waals surface area contributed by atoms with Crippen LogP contribution in [0.15, 0.2) is 29.3 Å². The Bertz CT molecular complexity index is 629. The monoisotopic (exact) mass is 382 g/mol. The lowest BCUT2D eigenvalue weighted by Gasteiger charge is -2.25. The smallest absolute Gasteiger partial charge is 0.387 e. The number of halogens is 2. The molecule has 6 nitrogen and oxygen atoms in total. The van der Waals surface area contributed by atoms with E-state index in [2.05, 4.69) is 15.0 Å². The van der Waals surface area contributed by atoms with Gasteiger partial charge in [-0.15, -0.1) is 0 Å². The molecule has 0 heterocycles. The van der Waals surface area contributed by atoms with Gasteiger partial charge in [0, 0.05) is 33.7 Å². The number of alkyl halides is 2. The van der Waals surface area contributed by atoms with E-state index in [0.717, 1.165) is 18.4 Å². The molecule has 0 atom stereocenters. The number of aliphatic imine (C=N–C) groups is 1. The van der Waals surface area contributed by atoms with Crippen molar-refractivity contribution >= 4 is 11.9 Å². The van der Waals surface area contributed by atoms with E-state index < -0.39 is 6.61 Å². The zero-order valence-electron chi connectivity index (χ0n) is 16.1. The summed E-state index contributed by atoms with van der Waals surface area (Å²) in [5, 5.41) is 3.45. The quantitative estimate of drug-likeness (QED) is 0.582. The molecule has 2 rings (SSSR count). The Balaban J connectivity index is 2.03. The molecule has 0 spiro atoms. The van der Waals surface area contributed by atoms with Gasteiger partial charge in [-0.25, -0.2) is 4.99 Å². The van der Waals surface area contributed by atoms with E-state index >= 15 is 0 Å². The molecule has 1 saturated carbocycles. The standard InChI is InChI=1S/C19H28F2N4O2/c1-24(2)17(26)12-22-19(23-15-6-4-5-7-15)25(3)13-14-8-10-16(11-9-14)27-18(20)21/h8-11,15,18H,4-7,12-13H2,1-3H3,(H,22,23). The molecule has 1 aliphatic rings. The second kappa shape index (κ2) is 10.1. The third-order valence-corrected chi connectivity index (χ3v) is 4.48. The van der Waals surface area contributed by atoms with Gasteiger partial charge in [0.1, 0.15) is 12.3 Å². The first-order valence-corrected chi connectivity index (χ1v) is 9.11. The minimum atomic E-state index is -2.83. The molecule has 0 aliphatic heterocycles. The summed E-state index contributed by atoms with van der Waals surface area (Å²) in [5.41, 5.74) is 0.930. The molecule has 1 amide bonds. The number of likely N-dealkylation sites (N-methyl/N-ethyl adjacent to an activating group) is 1. The van der Waals surface area contributed by atoms with Gasteiger partial charge in [-0.1, -0.05) is 25.0 Å². The third-order valence-electron chi connectivity index (χ3n) is 4.48. The van der Waals surface area contributed by atoms with Crippen molar-refractivity contribution in [2.75, 3.05) is 27.7 Å². The van der Waals surface area contributed by atoms with Crippen molar-refractivity contribution in [2.45, 2.75) is 44.9 Å². The maximum atomic E-state index is 12.3. The molecule has 0 unspecified atom stereocenters. The van der Waals surface area contributed by atoms with E-state index in [4.69, 9.17) is 0 Å². The molecule has 0 saturated heterocycles. The SMILES string of the molecule is CN(C)C(=O)CN=C(NC1CCCC1)N(C)Cc1ccc(OC(F)F)cc1. The molecular weight excluding hydrogens is 354 g/mol. The predicted octanol–water partition coefficient (Wildman–Crippen LogP) is 2.70. The Kier molecular flexibility index (Phi) is 7.82. The zero-order valence-corrected chi connectivity index (χ0v) is 16.1. The number of hydrogen-bond donors (Lipinski definition) is 1. The summed E-state index contributed by atoms with van der Waals surface area (Å²) in [4.78, 5) is 19.8. The summed E-state index contributed by atoms with van der Waals surface area (Å²) in [5.74, 6) is 0.735. The van der Waals surface area contributed by atoms with E-state index in [9.17, 15) is 13.6 Å². The maximum absolute atomic E-state index is 12.3. The molecule has 0 radical (unpaired) electrons. The van der Waals surface area contributed by atoms with Gasteiger partial charge in [0.25, 0.3) is 0 Å². The number of nitrogens with one attached hydrogen (secondary N) is 1. The number of carbonyl (C=O) groups excluding carboxylic acids is 1. The normalized spacial score (nSPS) is 15.1. The van der Waals surface area contributed by atoms with Crippen LogP contribution in [-0.4, -0.2) is 62.0 Å². The molecular formula is C19H28F2N4O2. The first kappa shape index (κ1) is 20.9. The number of nitrogens with zero attached hydrogens (tertiary/aromatic N) is 3. The van der Waals surface area contributed by atoms with Crippen molar-refractivity contribution in [2.24, 2.45) is 4.99 Å². The lowest BCUT2D eigenvalue weighted by molar-refractivity contribution is -0.127. The predicted molar refractivity (Wildman–Crippen MR) is 101 cm³/mol. The van der Waals surface area contributed by atoms with Crippen LogP contribution in [0.2, 0.25) is 0 Å². The lowest BCUT2D eigenvalue weighted by Crippen LogP contribution is -2.43. The highest BCUT2D eigenvalue weighted by molar-refractivity contribution is 5.84. The van der Waals surface area contributed by atoms with Crippen molar-refractivity contribution in [3.05, 3.63) is 29.8 Å². The Morgan fingerprint density at radius 3 is 2.41 bits per heavy atom. The van der Waals surface area contributed by atoms with Crippen molar-refractivity contribution in [1.29, 1.82) is 0 Å². The summed E-state index contributed by atoms with van der Waals surface area (Å²) in [7, 11) is 5.30. The Morgan fingerprint density at radius 1 is 1.22 bits per heavy atom. The van der Waals surface area contributed by atoms with Crippen molar-refractivity contribution in [3.63, 3.8) is 0 Å². The van der Waals surface area contributed by atoms with Crippen LogP contribution >= 0.6 is 0 Å². The van der Waals surface area contributed by atoms with Crippen LogP contribution in [-0.2, 0) is 11.3 Å². The van der Waals surface area contributed by atoms with Crippen LogP contribution in [0.1, 0.15) is 31.2 Å². The maximum Gasteiger partial charge on any atom is 0.387 e. The Labute approximate surface area is 159 Å². The van der Waals surface area contributed by atoms with Gasteiger partial charge in [-0.3, -0.25) is 4.79 Å². The van der Waals surface area contributed by atoms with Gasteiger partial charge in [-0.05, 0) is 30.5 Å². The van der Waals surface area contributed by atoms with Gasteiger partial charge < -0.3 is 19.9 Å². The van der Waals surface area contributed by atoms with Crippen LogP contribution in [0, 0.1) is 0 Å². The average Bonchev–Trinajstić information content (AvgIpc) is 3.12. The molecule has 150 valence electrons. The summed E-state index contributed by atoms with van der Waals surface area (Å²) in [6.07, 6.45) is 4.57. The van der Waals surface area contributed by atoms with Crippen LogP contribution in [0.3, 0.4) is 0 Å². The first-order chi connectivity index (χ1) is 12.8. The molecule has 1 aromatic rings. The van der Waals surface area contributed by atoms with E-state index in [1.54, 1.807) is 26.2 Å². The second-order valence-electron chi connectivity index (χ2n) is 6.93. The first-order valence-electron chi connectivity index (χ1n) is 9.11. The van der Waals surface area contributed by atoms with Gasteiger partial charge in [-0.2, -0.15) is 8.78 Å². The number of rotatable bonds is 7. The van der Waals surface area contributed by atoms with E-state index in [0.29, 0.717) is 18.5 Å². The third kappa shape index (κ3) is 7.03. The molecule has 1 N–H and O–H groups in total. The minimum Gasteiger partial charge on any atom is -0.435 e. The van der Waals surface area contributed by atoms with Gasteiger partial charge in [0.2, 0.25) is 5.91 Å². The van der Waals surface area contributed by atoms with Crippen LogP contribution < -0.4 is 10.1 Å². The van der Waals surface area contributed by atoms with E-state index in [1.807, 2.05) is 11.9 Å². The van der Waals surface area contributed by atoms with E-state index in [1.165, 1.54) is 29.9 Å². The van der Waals surface area contributed by atoms with Crippen LogP contribution in [0.5, 0.6) is 5.75 Å². The zero-order chi connectivity index (χ0) is 19.8.